The number of carbonyl (C=O) groups excluding carboxylic acids is 1. The van der Waals surface area contributed by atoms with Crippen molar-refractivity contribution in [3.63, 3.8) is 0 Å². The Balaban J connectivity index is 2.57. The Morgan fingerprint density at radius 2 is 2.24 bits per heavy atom. The van der Waals surface area contributed by atoms with Gasteiger partial charge in [-0.05, 0) is 13.0 Å². The predicted octanol–water partition coefficient (Wildman–Crippen LogP) is -0.124. The van der Waals surface area contributed by atoms with E-state index in [0.717, 1.165) is 0 Å². The Morgan fingerprint density at radius 3 is 2.71 bits per heavy atom. The maximum atomic E-state index is 12.2. The molecule has 1 saturated heterocycles. The van der Waals surface area contributed by atoms with Crippen LogP contribution in [0.15, 0.2) is 0 Å². The number of nitrogens with zero attached hydrogens (tertiary/aromatic N) is 1. The number of piperidine rings is 1. The van der Waals surface area contributed by atoms with E-state index in [-0.39, 0.29) is 13.1 Å². The quantitative estimate of drug-likeness (QED) is 0.418. The first kappa shape index (κ1) is 14.2. The van der Waals surface area contributed by atoms with Gasteiger partial charge in [0.2, 0.25) is 0 Å². The van der Waals surface area contributed by atoms with Crippen molar-refractivity contribution in [2.45, 2.75) is 18.6 Å². The summed E-state index contributed by atoms with van der Waals surface area (Å²) >= 11 is 0. The number of alkyl halides is 3. The van der Waals surface area contributed by atoms with Crippen molar-refractivity contribution in [1.82, 2.24) is 10.3 Å². The van der Waals surface area contributed by atoms with Gasteiger partial charge in [-0.15, -0.1) is 0 Å². The molecular formula is C9H16F3N3O2. The lowest BCUT2D eigenvalue weighted by atomic mass is 9.92. The SMILES string of the molecule is COC(=O)C1CCN(CC(F)(F)F)CC1NN. The van der Waals surface area contributed by atoms with E-state index in [2.05, 4.69) is 10.2 Å². The fraction of sp³-hybridized carbons (Fsp3) is 0.889. The van der Waals surface area contributed by atoms with Gasteiger partial charge in [0.15, 0.2) is 0 Å². The van der Waals surface area contributed by atoms with Gasteiger partial charge >= 0.3 is 12.1 Å². The number of esters is 1. The molecule has 0 amide bonds. The normalized spacial score (nSPS) is 26.9. The van der Waals surface area contributed by atoms with E-state index in [1.54, 1.807) is 0 Å². The lowest BCUT2D eigenvalue weighted by molar-refractivity contribution is -0.156. The summed E-state index contributed by atoms with van der Waals surface area (Å²) in [5, 5.41) is 0. The van der Waals surface area contributed by atoms with Gasteiger partial charge in [0.25, 0.3) is 0 Å². The number of ether oxygens (including phenoxy) is 1. The van der Waals surface area contributed by atoms with Crippen molar-refractivity contribution >= 4 is 5.97 Å². The van der Waals surface area contributed by atoms with Gasteiger partial charge in [-0.2, -0.15) is 13.2 Å². The molecule has 0 bridgehead atoms. The summed E-state index contributed by atoms with van der Waals surface area (Å²) in [5.74, 6) is 4.31. The number of nitrogens with one attached hydrogen (secondary N) is 1. The molecule has 0 radical (unpaired) electrons. The fourth-order valence-electron chi connectivity index (χ4n) is 2.02. The highest BCUT2D eigenvalue weighted by Gasteiger charge is 2.38. The summed E-state index contributed by atoms with van der Waals surface area (Å²) in [6.45, 7) is -0.702. The van der Waals surface area contributed by atoms with Gasteiger partial charge in [0, 0.05) is 12.6 Å². The monoisotopic (exact) mass is 255 g/mol. The predicted molar refractivity (Wildman–Crippen MR) is 53.7 cm³/mol. The number of hydrogen-bond donors (Lipinski definition) is 2. The molecule has 0 aromatic rings. The number of likely N-dealkylation sites (tertiary alicyclic amines) is 1. The number of halogens is 3. The zero-order valence-electron chi connectivity index (χ0n) is 9.46. The average molecular weight is 255 g/mol. The zero-order valence-corrected chi connectivity index (χ0v) is 9.46. The lowest BCUT2D eigenvalue weighted by Crippen LogP contribution is -2.56. The number of methoxy groups -OCH3 is 1. The average Bonchev–Trinajstić information content (AvgIpc) is 2.25. The molecule has 1 aliphatic heterocycles. The van der Waals surface area contributed by atoms with Crippen molar-refractivity contribution in [2.24, 2.45) is 11.8 Å². The molecule has 2 unspecified atom stereocenters. The molecule has 1 heterocycles. The van der Waals surface area contributed by atoms with E-state index in [4.69, 9.17) is 5.84 Å². The Labute approximate surface area is 97.0 Å². The summed E-state index contributed by atoms with van der Waals surface area (Å²) in [6, 6.07) is -0.515. The Kier molecular flexibility index (Phi) is 4.72. The number of hydrazine groups is 1. The number of hydrogen-bond acceptors (Lipinski definition) is 5. The molecule has 0 aromatic heterocycles. The van der Waals surface area contributed by atoms with Crippen LogP contribution < -0.4 is 11.3 Å². The van der Waals surface area contributed by atoms with Crippen molar-refractivity contribution in [2.75, 3.05) is 26.7 Å². The van der Waals surface area contributed by atoms with Gasteiger partial charge in [0.05, 0.1) is 19.6 Å². The minimum absolute atomic E-state index is 0.0791. The van der Waals surface area contributed by atoms with Crippen LogP contribution in [0.4, 0.5) is 13.2 Å². The van der Waals surface area contributed by atoms with Gasteiger partial charge in [-0.3, -0.25) is 21.0 Å². The van der Waals surface area contributed by atoms with Crippen LogP contribution in [0.25, 0.3) is 0 Å². The van der Waals surface area contributed by atoms with E-state index in [9.17, 15) is 18.0 Å². The van der Waals surface area contributed by atoms with Crippen molar-refractivity contribution in [1.29, 1.82) is 0 Å². The van der Waals surface area contributed by atoms with Crippen LogP contribution >= 0.6 is 0 Å². The van der Waals surface area contributed by atoms with Gasteiger partial charge in [0.1, 0.15) is 0 Å². The van der Waals surface area contributed by atoms with Crippen LogP contribution in [-0.2, 0) is 9.53 Å². The highest BCUT2D eigenvalue weighted by Crippen LogP contribution is 2.23. The van der Waals surface area contributed by atoms with E-state index in [1.165, 1.54) is 12.0 Å². The van der Waals surface area contributed by atoms with Crippen LogP contribution in [0.3, 0.4) is 0 Å². The third-order valence-corrected chi connectivity index (χ3v) is 2.82. The first-order valence-electron chi connectivity index (χ1n) is 5.20. The molecule has 0 aliphatic carbocycles. The van der Waals surface area contributed by atoms with Crippen LogP contribution in [0.2, 0.25) is 0 Å². The molecule has 1 aliphatic rings. The maximum absolute atomic E-state index is 12.2. The largest absolute Gasteiger partial charge is 0.469 e. The van der Waals surface area contributed by atoms with Crippen LogP contribution in [0, 0.1) is 5.92 Å². The third-order valence-electron chi connectivity index (χ3n) is 2.82. The number of nitrogens with two attached hydrogens (primary N) is 1. The smallest absolute Gasteiger partial charge is 0.401 e. The van der Waals surface area contributed by atoms with Crippen molar-refractivity contribution in [3.05, 3.63) is 0 Å². The molecule has 0 aromatic carbocycles. The topological polar surface area (TPSA) is 67.6 Å². The van der Waals surface area contributed by atoms with Crippen molar-refractivity contribution < 1.29 is 22.7 Å². The van der Waals surface area contributed by atoms with E-state index in [1.807, 2.05) is 0 Å². The molecule has 100 valence electrons. The van der Waals surface area contributed by atoms with Crippen LogP contribution in [0.5, 0.6) is 0 Å². The zero-order chi connectivity index (χ0) is 13.1. The van der Waals surface area contributed by atoms with E-state index >= 15 is 0 Å². The Bertz CT molecular complexity index is 273. The van der Waals surface area contributed by atoms with E-state index in [0.29, 0.717) is 6.42 Å². The molecule has 1 rings (SSSR count). The molecule has 17 heavy (non-hydrogen) atoms. The first-order valence-corrected chi connectivity index (χ1v) is 5.20. The molecule has 2 atom stereocenters. The standard InChI is InChI=1S/C9H16F3N3O2/c1-17-8(16)6-2-3-15(4-7(6)14-13)5-9(10,11)12/h6-7,14H,2-5,13H2,1H3. The lowest BCUT2D eigenvalue weighted by Gasteiger charge is -2.36. The van der Waals surface area contributed by atoms with Crippen molar-refractivity contribution in [3.8, 4) is 0 Å². The summed E-state index contributed by atoms with van der Waals surface area (Å²) in [6.07, 6.45) is -3.94. The van der Waals surface area contributed by atoms with Crippen LogP contribution in [0.1, 0.15) is 6.42 Å². The highest BCUT2D eigenvalue weighted by molar-refractivity contribution is 5.73. The second kappa shape index (κ2) is 5.65. The Morgan fingerprint density at radius 1 is 1.59 bits per heavy atom. The number of carbonyl (C=O) groups is 1. The van der Waals surface area contributed by atoms with Gasteiger partial charge < -0.3 is 4.74 Å². The molecular weight excluding hydrogens is 239 g/mol. The van der Waals surface area contributed by atoms with Crippen LogP contribution in [-0.4, -0.2) is 49.8 Å². The second-order valence-electron chi connectivity index (χ2n) is 4.04. The third kappa shape index (κ3) is 4.14. The summed E-state index contributed by atoms with van der Waals surface area (Å²) in [4.78, 5) is 12.6. The molecule has 0 spiro atoms. The minimum Gasteiger partial charge on any atom is -0.469 e. The van der Waals surface area contributed by atoms with E-state index < -0.39 is 30.7 Å². The molecule has 5 nitrogen and oxygen atoms in total. The first-order chi connectivity index (χ1) is 7.87. The maximum Gasteiger partial charge on any atom is 0.401 e. The molecule has 3 N–H and O–H groups in total. The second-order valence-corrected chi connectivity index (χ2v) is 4.04. The number of rotatable bonds is 3. The summed E-state index contributed by atoms with van der Waals surface area (Å²) in [7, 11) is 1.25. The van der Waals surface area contributed by atoms with Gasteiger partial charge in [-0.25, -0.2) is 0 Å². The highest BCUT2D eigenvalue weighted by atomic mass is 19.4. The molecule has 1 fully saturated rings. The molecule has 8 heteroatoms. The Hall–Kier alpha value is -0.860. The summed E-state index contributed by atoms with van der Waals surface area (Å²) < 4.78 is 41.2. The summed E-state index contributed by atoms with van der Waals surface area (Å²) in [5.41, 5.74) is 2.38. The van der Waals surface area contributed by atoms with Gasteiger partial charge in [-0.1, -0.05) is 0 Å². The molecule has 0 saturated carbocycles. The minimum atomic E-state index is -4.24. The fourth-order valence-corrected chi connectivity index (χ4v) is 2.02.